The van der Waals surface area contributed by atoms with Crippen LogP contribution in [-0.4, -0.2) is 29.3 Å². The molecule has 17 heavy (non-hydrogen) atoms. The number of rotatable bonds is 5. The Hall–Kier alpha value is -0.870. The average Bonchev–Trinajstić information content (AvgIpc) is 2.74. The summed E-state index contributed by atoms with van der Waals surface area (Å²) in [5.74, 6) is 0. The molecule has 1 N–H and O–H groups in total. The van der Waals surface area contributed by atoms with Gasteiger partial charge in [0.25, 0.3) is 0 Å². The number of imidazole rings is 1. The number of ether oxygens (including phenoxy) is 1. The van der Waals surface area contributed by atoms with Gasteiger partial charge in [-0.3, -0.25) is 0 Å². The summed E-state index contributed by atoms with van der Waals surface area (Å²) in [4.78, 5) is 4.26. The first kappa shape index (κ1) is 12.6. The van der Waals surface area contributed by atoms with Gasteiger partial charge in [0, 0.05) is 32.5 Å². The molecular formula is C13H23N3O. The van der Waals surface area contributed by atoms with Gasteiger partial charge in [0.1, 0.15) is 0 Å². The standard InChI is InChI=1S/C13H23N3O/c1-3-14-8-12-9-15-11-16(12)10-13(2)4-6-17-7-5-13/h9,11,14H,3-8,10H2,1-2H3. The van der Waals surface area contributed by atoms with E-state index in [1.165, 1.54) is 5.69 Å². The van der Waals surface area contributed by atoms with Crippen molar-refractivity contribution >= 4 is 0 Å². The number of nitrogens with zero attached hydrogens (tertiary/aromatic N) is 2. The lowest BCUT2D eigenvalue weighted by Crippen LogP contribution is -2.31. The van der Waals surface area contributed by atoms with Gasteiger partial charge in [-0.05, 0) is 24.8 Å². The molecule has 2 heterocycles. The third-order valence-corrected chi connectivity index (χ3v) is 3.61. The lowest BCUT2D eigenvalue weighted by Gasteiger charge is -2.34. The molecule has 1 fully saturated rings. The molecule has 1 aliphatic heterocycles. The van der Waals surface area contributed by atoms with E-state index >= 15 is 0 Å². The summed E-state index contributed by atoms with van der Waals surface area (Å²) in [5, 5.41) is 3.36. The summed E-state index contributed by atoms with van der Waals surface area (Å²) in [6.45, 7) is 9.23. The Morgan fingerprint density at radius 2 is 2.24 bits per heavy atom. The summed E-state index contributed by atoms with van der Waals surface area (Å²) in [7, 11) is 0. The first-order chi connectivity index (χ1) is 8.23. The molecule has 1 aromatic heterocycles. The fourth-order valence-corrected chi connectivity index (χ4v) is 2.32. The Morgan fingerprint density at radius 3 is 2.94 bits per heavy atom. The Morgan fingerprint density at radius 1 is 1.47 bits per heavy atom. The molecule has 0 amide bonds. The number of hydrogen-bond acceptors (Lipinski definition) is 3. The van der Waals surface area contributed by atoms with E-state index in [2.05, 4.69) is 28.7 Å². The molecule has 1 aliphatic rings. The van der Waals surface area contributed by atoms with Crippen molar-refractivity contribution in [3.63, 3.8) is 0 Å². The van der Waals surface area contributed by atoms with E-state index in [0.717, 1.165) is 45.7 Å². The summed E-state index contributed by atoms with van der Waals surface area (Å²) in [6, 6.07) is 0. The summed E-state index contributed by atoms with van der Waals surface area (Å²) in [5.41, 5.74) is 1.64. The predicted molar refractivity (Wildman–Crippen MR) is 67.8 cm³/mol. The van der Waals surface area contributed by atoms with Gasteiger partial charge in [-0.2, -0.15) is 0 Å². The molecule has 0 bridgehead atoms. The lowest BCUT2D eigenvalue weighted by molar-refractivity contribution is 0.0151. The highest BCUT2D eigenvalue weighted by Gasteiger charge is 2.28. The van der Waals surface area contributed by atoms with Gasteiger partial charge in [0.05, 0.1) is 12.0 Å². The second kappa shape index (κ2) is 5.65. The predicted octanol–water partition coefficient (Wildman–Crippen LogP) is 1.81. The molecule has 4 heteroatoms. The van der Waals surface area contributed by atoms with Crippen molar-refractivity contribution < 1.29 is 4.74 Å². The normalized spacial score (nSPS) is 19.4. The maximum Gasteiger partial charge on any atom is 0.0948 e. The van der Waals surface area contributed by atoms with Crippen LogP contribution in [0.3, 0.4) is 0 Å². The Kier molecular flexibility index (Phi) is 4.18. The average molecular weight is 237 g/mol. The van der Waals surface area contributed by atoms with E-state index in [0.29, 0.717) is 5.41 Å². The Bertz CT molecular complexity index is 342. The van der Waals surface area contributed by atoms with Gasteiger partial charge in [-0.15, -0.1) is 0 Å². The summed E-state index contributed by atoms with van der Waals surface area (Å²) in [6.07, 6.45) is 6.20. The molecule has 0 saturated carbocycles. The monoisotopic (exact) mass is 237 g/mol. The quantitative estimate of drug-likeness (QED) is 0.849. The number of nitrogens with one attached hydrogen (secondary N) is 1. The van der Waals surface area contributed by atoms with Gasteiger partial charge >= 0.3 is 0 Å². The zero-order valence-electron chi connectivity index (χ0n) is 10.9. The topological polar surface area (TPSA) is 39.1 Å². The van der Waals surface area contributed by atoms with Crippen LogP contribution in [0, 0.1) is 5.41 Å². The zero-order chi connectivity index (χ0) is 12.1. The minimum absolute atomic E-state index is 0.361. The van der Waals surface area contributed by atoms with Crippen LogP contribution in [0.5, 0.6) is 0 Å². The summed E-state index contributed by atoms with van der Waals surface area (Å²) >= 11 is 0. The van der Waals surface area contributed by atoms with E-state index in [-0.39, 0.29) is 0 Å². The molecule has 0 aromatic carbocycles. The fraction of sp³-hybridized carbons (Fsp3) is 0.769. The molecule has 96 valence electrons. The first-order valence-corrected chi connectivity index (χ1v) is 6.51. The van der Waals surface area contributed by atoms with Crippen LogP contribution >= 0.6 is 0 Å². The van der Waals surface area contributed by atoms with Gasteiger partial charge in [-0.1, -0.05) is 13.8 Å². The van der Waals surface area contributed by atoms with E-state index < -0.39 is 0 Å². The summed E-state index contributed by atoms with van der Waals surface area (Å²) < 4.78 is 7.73. The van der Waals surface area contributed by atoms with Crippen molar-refractivity contribution in [3.8, 4) is 0 Å². The maximum absolute atomic E-state index is 5.44. The van der Waals surface area contributed by atoms with Gasteiger partial charge in [-0.25, -0.2) is 4.98 Å². The third-order valence-electron chi connectivity index (χ3n) is 3.61. The molecule has 1 saturated heterocycles. The van der Waals surface area contributed by atoms with E-state index in [9.17, 15) is 0 Å². The smallest absolute Gasteiger partial charge is 0.0948 e. The number of aromatic nitrogens is 2. The van der Waals surface area contributed by atoms with Crippen LogP contribution in [0.25, 0.3) is 0 Å². The molecule has 0 unspecified atom stereocenters. The number of hydrogen-bond donors (Lipinski definition) is 1. The second-order valence-corrected chi connectivity index (χ2v) is 5.22. The molecule has 0 spiro atoms. The van der Waals surface area contributed by atoms with Crippen molar-refractivity contribution in [1.29, 1.82) is 0 Å². The molecule has 0 aliphatic carbocycles. The molecule has 2 rings (SSSR count). The van der Waals surface area contributed by atoms with Crippen molar-refractivity contribution in [2.75, 3.05) is 19.8 Å². The highest BCUT2D eigenvalue weighted by Crippen LogP contribution is 2.31. The van der Waals surface area contributed by atoms with E-state index in [1.54, 1.807) is 0 Å². The largest absolute Gasteiger partial charge is 0.381 e. The lowest BCUT2D eigenvalue weighted by atomic mass is 9.82. The molecule has 0 atom stereocenters. The minimum atomic E-state index is 0.361. The Labute approximate surface area is 103 Å². The highest BCUT2D eigenvalue weighted by atomic mass is 16.5. The highest BCUT2D eigenvalue weighted by molar-refractivity contribution is 4.99. The first-order valence-electron chi connectivity index (χ1n) is 6.51. The van der Waals surface area contributed by atoms with E-state index in [4.69, 9.17) is 4.74 Å². The van der Waals surface area contributed by atoms with Crippen LogP contribution < -0.4 is 5.32 Å². The Balaban J connectivity index is 1.99. The molecule has 4 nitrogen and oxygen atoms in total. The van der Waals surface area contributed by atoms with Crippen molar-refractivity contribution in [3.05, 3.63) is 18.2 Å². The van der Waals surface area contributed by atoms with Crippen molar-refractivity contribution in [1.82, 2.24) is 14.9 Å². The molecule has 0 radical (unpaired) electrons. The van der Waals surface area contributed by atoms with Crippen LogP contribution in [-0.2, 0) is 17.8 Å². The van der Waals surface area contributed by atoms with E-state index in [1.807, 2.05) is 12.5 Å². The van der Waals surface area contributed by atoms with Crippen LogP contribution in [0.1, 0.15) is 32.4 Å². The van der Waals surface area contributed by atoms with Crippen LogP contribution in [0.15, 0.2) is 12.5 Å². The van der Waals surface area contributed by atoms with Crippen molar-refractivity contribution in [2.45, 2.75) is 39.8 Å². The van der Waals surface area contributed by atoms with Crippen LogP contribution in [0.4, 0.5) is 0 Å². The molecule has 1 aromatic rings. The maximum atomic E-state index is 5.44. The van der Waals surface area contributed by atoms with Gasteiger partial charge in [0.15, 0.2) is 0 Å². The second-order valence-electron chi connectivity index (χ2n) is 5.22. The molecular weight excluding hydrogens is 214 g/mol. The SMILES string of the molecule is CCNCc1cncn1CC1(C)CCOCC1. The third kappa shape index (κ3) is 3.30. The van der Waals surface area contributed by atoms with Crippen molar-refractivity contribution in [2.24, 2.45) is 5.41 Å². The van der Waals surface area contributed by atoms with Gasteiger partial charge < -0.3 is 14.6 Å². The zero-order valence-corrected chi connectivity index (χ0v) is 10.9. The van der Waals surface area contributed by atoms with Crippen LogP contribution in [0.2, 0.25) is 0 Å². The van der Waals surface area contributed by atoms with Gasteiger partial charge in [0.2, 0.25) is 0 Å². The minimum Gasteiger partial charge on any atom is -0.381 e. The fourth-order valence-electron chi connectivity index (χ4n) is 2.32.